The zero-order valence-electron chi connectivity index (χ0n) is 35.7. The van der Waals surface area contributed by atoms with Crippen LogP contribution in [0.25, 0.3) is 11.1 Å². The van der Waals surface area contributed by atoms with E-state index in [0.29, 0.717) is 75.6 Å². The molecule has 4 amide bonds. The highest BCUT2D eigenvalue weighted by Crippen LogP contribution is 2.37. The van der Waals surface area contributed by atoms with Crippen LogP contribution >= 0.6 is 11.6 Å². The molecule has 65 heavy (non-hydrogen) atoms. The fourth-order valence-electron chi connectivity index (χ4n) is 9.28. The fraction of sp³-hybridized carbons (Fsp3) is 0.320. The molecule has 0 saturated carbocycles. The van der Waals surface area contributed by atoms with Gasteiger partial charge < -0.3 is 14.4 Å². The highest BCUT2D eigenvalue weighted by Gasteiger charge is 2.46. The molecule has 0 bridgehead atoms. The number of nitrogens with zero attached hydrogens (tertiary/aromatic N) is 6. The Bertz CT molecular complexity index is 2690. The van der Waals surface area contributed by atoms with Crippen molar-refractivity contribution < 1.29 is 33.0 Å². The number of fused-ring (bicyclic) bond motifs is 1. The summed E-state index contributed by atoms with van der Waals surface area (Å²) in [6.45, 7) is 6.89. The molecule has 4 aliphatic heterocycles. The molecule has 4 aromatic carbocycles. The first-order chi connectivity index (χ1) is 31.6. The zero-order valence-corrected chi connectivity index (χ0v) is 36.4. The number of rotatable bonds is 13. The van der Waals surface area contributed by atoms with Gasteiger partial charge in [-0.1, -0.05) is 60.1 Å². The van der Waals surface area contributed by atoms with Crippen molar-refractivity contribution in [2.75, 3.05) is 50.7 Å². The Kier molecular flexibility index (Phi) is 12.9. The molecule has 9 rings (SSSR count). The number of aromatic nitrogens is 1. The molecule has 4 aliphatic rings. The Morgan fingerprint density at radius 2 is 1.54 bits per heavy atom. The van der Waals surface area contributed by atoms with E-state index in [1.54, 1.807) is 48.7 Å². The maximum Gasteiger partial charge on any atom is 0.264 e. The SMILES string of the molecule is N#Cc1cncc(COc2cc(OCc3cccc(-c4ccccc4F)c3Cl)ccc2CN2CCC(CN3CCN(c4cccc5c4C(=O)N(C4CCC(=O)NC4=O)C5=O)CC3)CC2)c1. The third-order valence-corrected chi connectivity index (χ3v) is 13.2. The van der Waals surface area contributed by atoms with Gasteiger partial charge in [0.1, 0.15) is 42.6 Å². The van der Waals surface area contributed by atoms with Crippen LogP contribution in [0.2, 0.25) is 5.02 Å². The second-order valence-electron chi connectivity index (χ2n) is 17.0. The number of hydrogen-bond donors (Lipinski definition) is 1. The molecule has 332 valence electrons. The van der Waals surface area contributed by atoms with Crippen LogP contribution in [0.4, 0.5) is 10.1 Å². The number of benzene rings is 4. The number of nitriles is 1. The van der Waals surface area contributed by atoms with Gasteiger partial charge in [0.2, 0.25) is 11.8 Å². The van der Waals surface area contributed by atoms with E-state index in [0.717, 1.165) is 67.2 Å². The number of pyridine rings is 1. The summed E-state index contributed by atoms with van der Waals surface area (Å²) in [5.41, 5.74) is 5.29. The Labute approximate surface area is 381 Å². The first-order valence-electron chi connectivity index (χ1n) is 21.9. The molecule has 15 heteroatoms. The van der Waals surface area contributed by atoms with Crippen LogP contribution in [-0.4, -0.2) is 95.2 Å². The normalized spacial score (nSPS) is 18.4. The van der Waals surface area contributed by atoms with Crippen LogP contribution in [0, 0.1) is 23.1 Å². The van der Waals surface area contributed by atoms with Crippen LogP contribution in [-0.2, 0) is 29.3 Å². The number of piperidine rings is 2. The van der Waals surface area contributed by atoms with E-state index < -0.39 is 29.7 Å². The van der Waals surface area contributed by atoms with E-state index >= 15 is 0 Å². The molecule has 1 atom stereocenters. The van der Waals surface area contributed by atoms with E-state index in [-0.39, 0.29) is 31.9 Å². The molecule has 0 spiro atoms. The number of piperazine rings is 1. The van der Waals surface area contributed by atoms with Crippen LogP contribution in [0.1, 0.15) is 68.7 Å². The number of halogens is 2. The lowest BCUT2D eigenvalue weighted by atomic mass is 9.95. The van der Waals surface area contributed by atoms with Gasteiger partial charge in [0.15, 0.2) is 0 Å². The minimum atomic E-state index is -1.000. The molecule has 1 N–H and O–H groups in total. The molecule has 5 heterocycles. The Morgan fingerprint density at radius 1 is 0.769 bits per heavy atom. The summed E-state index contributed by atoms with van der Waals surface area (Å²) in [6.07, 6.45) is 5.47. The summed E-state index contributed by atoms with van der Waals surface area (Å²) in [4.78, 5) is 63.8. The van der Waals surface area contributed by atoms with Crippen molar-refractivity contribution in [2.45, 2.75) is 51.5 Å². The lowest BCUT2D eigenvalue weighted by Crippen LogP contribution is -2.54. The van der Waals surface area contributed by atoms with Gasteiger partial charge in [0, 0.05) is 92.0 Å². The quantitative estimate of drug-likeness (QED) is 0.122. The smallest absolute Gasteiger partial charge is 0.264 e. The van der Waals surface area contributed by atoms with Gasteiger partial charge in [-0.3, -0.25) is 44.2 Å². The molecule has 0 aliphatic carbocycles. The summed E-state index contributed by atoms with van der Waals surface area (Å²) in [5, 5.41) is 12.1. The second kappa shape index (κ2) is 19.2. The predicted octanol–water partition coefficient (Wildman–Crippen LogP) is 7.01. The molecular weight excluding hydrogens is 849 g/mol. The molecule has 13 nitrogen and oxygen atoms in total. The van der Waals surface area contributed by atoms with E-state index in [4.69, 9.17) is 21.1 Å². The van der Waals surface area contributed by atoms with Crippen molar-refractivity contribution in [1.29, 1.82) is 5.26 Å². The van der Waals surface area contributed by atoms with Crippen LogP contribution in [0.15, 0.2) is 97.3 Å². The van der Waals surface area contributed by atoms with Gasteiger partial charge in [-0.05, 0) is 68.6 Å². The molecule has 0 radical (unpaired) electrons. The minimum Gasteiger partial charge on any atom is -0.489 e. The first-order valence-corrected chi connectivity index (χ1v) is 22.3. The highest BCUT2D eigenvalue weighted by molar-refractivity contribution is 6.34. The van der Waals surface area contributed by atoms with Crippen molar-refractivity contribution in [3.05, 3.63) is 142 Å². The summed E-state index contributed by atoms with van der Waals surface area (Å²) in [6, 6.07) is 26.0. The number of carbonyl (C=O) groups excluding carboxylic acids is 4. The zero-order chi connectivity index (χ0) is 45.0. The largest absolute Gasteiger partial charge is 0.489 e. The first kappa shape index (κ1) is 43.6. The summed E-state index contributed by atoms with van der Waals surface area (Å²) in [5.74, 6) is -0.577. The van der Waals surface area contributed by atoms with Crippen LogP contribution in [0.3, 0.4) is 0 Å². The number of ether oxygens (including phenoxy) is 2. The fourth-order valence-corrected chi connectivity index (χ4v) is 9.57. The van der Waals surface area contributed by atoms with E-state index in [2.05, 4.69) is 31.1 Å². The standard InChI is InChI=1S/C50H47ClFN7O6/c51-47-36(5-3-7-39(47)38-6-1-2-9-41(38)52)31-64-37-12-11-35(44(24-37)65-30-34-23-33(25-53)26-54-27-34)29-56-17-15-32(16-18-56)28-57-19-21-58(22-20-57)42-10-4-8-40-46(42)50(63)59(49(40)62)43-13-14-45(60)55-48(43)61/h1-12,23-24,26-27,32,43H,13-22,28-31H2,(H,55,60,61). The third kappa shape index (κ3) is 9.45. The molecule has 3 fully saturated rings. The van der Waals surface area contributed by atoms with Gasteiger partial charge in [0.05, 0.1) is 27.4 Å². The number of nitrogens with one attached hydrogen (secondary N) is 1. The molecule has 1 aromatic heterocycles. The Morgan fingerprint density at radius 3 is 2.32 bits per heavy atom. The van der Waals surface area contributed by atoms with Gasteiger partial charge in [-0.2, -0.15) is 5.26 Å². The number of likely N-dealkylation sites (tertiary alicyclic amines) is 1. The predicted molar refractivity (Wildman–Crippen MR) is 241 cm³/mol. The summed E-state index contributed by atoms with van der Waals surface area (Å²) in [7, 11) is 0. The maximum absolute atomic E-state index is 14.7. The van der Waals surface area contributed by atoms with Crippen LogP contribution < -0.4 is 19.7 Å². The number of hydrogen-bond acceptors (Lipinski definition) is 11. The second-order valence-corrected chi connectivity index (χ2v) is 17.3. The average molecular weight is 896 g/mol. The number of anilines is 1. The average Bonchev–Trinajstić information content (AvgIpc) is 3.58. The highest BCUT2D eigenvalue weighted by atomic mass is 35.5. The van der Waals surface area contributed by atoms with E-state index in [1.807, 2.05) is 36.4 Å². The van der Waals surface area contributed by atoms with Gasteiger partial charge in [-0.25, -0.2) is 4.39 Å². The summed E-state index contributed by atoms with van der Waals surface area (Å²) < 4.78 is 27.3. The number of amides is 4. The van der Waals surface area contributed by atoms with Crippen molar-refractivity contribution in [3.63, 3.8) is 0 Å². The number of imide groups is 2. The summed E-state index contributed by atoms with van der Waals surface area (Å²) >= 11 is 6.79. The Balaban J connectivity index is 0.807. The topological polar surface area (TPSA) is 148 Å². The lowest BCUT2D eigenvalue weighted by Gasteiger charge is -2.40. The van der Waals surface area contributed by atoms with Crippen molar-refractivity contribution >= 4 is 40.9 Å². The molecule has 5 aromatic rings. The van der Waals surface area contributed by atoms with Crippen LogP contribution in [0.5, 0.6) is 11.5 Å². The van der Waals surface area contributed by atoms with Crippen molar-refractivity contribution in [1.82, 2.24) is 25.0 Å². The molecule has 1 unspecified atom stereocenters. The minimum absolute atomic E-state index is 0.0767. The van der Waals surface area contributed by atoms with E-state index in [9.17, 15) is 28.8 Å². The van der Waals surface area contributed by atoms with Gasteiger partial charge in [0.25, 0.3) is 11.8 Å². The van der Waals surface area contributed by atoms with Crippen molar-refractivity contribution in [2.24, 2.45) is 5.92 Å². The monoisotopic (exact) mass is 895 g/mol. The van der Waals surface area contributed by atoms with Gasteiger partial charge in [-0.15, -0.1) is 0 Å². The Hall–Kier alpha value is -6.66. The lowest BCUT2D eigenvalue weighted by molar-refractivity contribution is -0.136. The molecule has 3 saturated heterocycles. The number of carbonyl (C=O) groups is 4. The van der Waals surface area contributed by atoms with Crippen molar-refractivity contribution in [3.8, 4) is 28.7 Å². The van der Waals surface area contributed by atoms with E-state index in [1.165, 1.54) is 12.3 Å². The van der Waals surface area contributed by atoms with Gasteiger partial charge >= 0.3 is 0 Å². The molecular formula is C50H47ClFN7O6. The maximum atomic E-state index is 14.7. The third-order valence-electron chi connectivity index (χ3n) is 12.8.